The summed E-state index contributed by atoms with van der Waals surface area (Å²) >= 11 is 1.66. The molecule has 0 aliphatic rings. The third kappa shape index (κ3) is 3.32. The second-order valence-corrected chi connectivity index (χ2v) is 5.63. The fraction of sp³-hybridized carbons (Fsp3) is 0.111. The van der Waals surface area contributed by atoms with Gasteiger partial charge in [0.1, 0.15) is 12.4 Å². The van der Waals surface area contributed by atoms with Crippen molar-refractivity contribution in [2.75, 3.05) is 0 Å². The molecule has 0 amide bonds. The van der Waals surface area contributed by atoms with Crippen LogP contribution < -0.4 is 10.5 Å². The van der Waals surface area contributed by atoms with Crippen molar-refractivity contribution in [2.24, 2.45) is 5.73 Å². The molecule has 0 saturated carbocycles. The van der Waals surface area contributed by atoms with Crippen LogP contribution in [-0.4, -0.2) is 0 Å². The second-order valence-electron chi connectivity index (χ2n) is 4.85. The predicted octanol–water partition coefficient (Wildman–Crippen LogP) is 4.38. The molecule has 1 heterocycles. The van der Waals surface area contributed by atoms with Crippen molar-refractivity contribution in [3.05, 3.63) is 88.1 Å². The summed E-state index contributed by atoms with van der Waals surface area (Å²) in [7, 11) is 0. The summed E-state index contributed by atoms with van der Waals surface area (Å²) in [6.45, 7) is 0.550. The van der Waals surface area contributed by atoms with Gasteiger partial charge in [0, 0.05) is 5.56 Å². The van der Waals surface area contributed by atoms with Gasteiger partial charge in [-0.25, -0.2) is 0 Å². The van der Waals surface area contributed by atoms with Crippen molar-refractivity contribution in [1.29, 1.82) is 0 Å². The van der Waals surface area contributed by atoms with Crippen LogP contribution in [0.3, 0.4) is 0 Å². The van der Waals surface area contributed by atoms with Crippen molar-refractivity contribution >= 4 is 11.3 Å². The molecule has 21 heavy (non-hydrogen) atoms. The minimum atomic E-state index is -0.150. The quantitative estimate of drug-likeness (QED) is 0.758. The van der Waals surface area contributed by atoms with E-state index in [1.165, 1.54) is 0 Å². The van der Waals surface area contributed by atoms with Crippen LogP contribution in [0, 0.1) is 0 Å². The molecule has 1 aromatic heterocycles. The number of rotatable bonds is 5. The average molecular weight is 295 g/mol. The highest BCUT2D eigenvalue weighted by Gasteiger charge is 2.14. The van der Waals surface area contributed by atoms with Crippen LogP contribution >= 0.6 is 11.3 Å². The smallest absolute Gasteiger partial charge is 0.124 e. The van der Waals surface area contributed by atoms with E-state index in [0.29, 0.717) is 6.61 Å². The predicted molar refractivity (Wildman–Crippen MR) is 87.6 cm³/mol. The molecule has 0 fully saturated rings. The molecule has 3 rings (SSSR count). The summed E-state index contributed by atoms with van der Waals surface area (Å²) in [4.78, 5) is 0. The first-order chi connectivity index (χ1) is 10.3. The van der Waals surface area contributed by atoms with Gasteiger partial charge in [0.2, 0.25) is 0 Å². The first-order valence-electron chi connectivity index (χ1n) is 6.88. The molecule has 0 spiro atoms. The molecule has 3 aromatic rings. The number of ether oxygens (including phenoxy) is 1. The van der Waals surface area contributed by atoms with Crippen molar-refractivity contribution in [3.63, 3.8) is 0 Å². The van der Waals surface area contributed by atoms with E-state index in [9.17, 15) is 0 Å². The van der Waals surface area contributed by atoms with Gasteiger partial charge in [-0.3, -0.25) is 0 Å². The Balaban J connectivity index is 1.80. The Morgan fingerprint density at radius 2 is 1.71 bits per heavy atom. The fourth-order valence-corrected chi connectivity index (χ4v) is 2.93. The van der Waals surface area contributed by atoms with Gasteiger partial charge in [0.05, 0.1) is 6.04 Å². The third-order valence-electron chi connectivity index (χ3n) is 3.39. The zero-order valence-corrected chi connectivity index (χ0v) is 12.4. The van der Waals surface area contributed by atoms with Gasteiger partial charge < -0.3 is 10.5 Å². The van der Waals surface area contributed by atoms with E-state index in [0.717, 1.165) is 22.4 Å². The summed E-state index contributed by atoms with van der Waals surface area (Å²) in [5.74, 6) is 0.847. The van der Waals surface area contributed by atoms with Crippen LogP contribution in [-0.2, 0) is 6.61 Å². The Morgan fingerprint density at radius 3 is 2.48 bits per heavy atom. The molecule has 106 valence electrons. The number of thiophene rings is 1. The van der Waals surface area contributed by atoms with Gasteiger partial charge >= 0.3 is 0 Å². The summed E-state index contributed by atoms with van der Waals surface area (Å²) in [6, 6.07) is 20.0. The number of benzene rings is 2. The van der Waals surface area contributed by atoms with Gasteiger partial charge in [-0.1, -0.05) is 48.5 Å². The Kier molecular flexibility index (Phi) is 4.34. The average Bonchev–Trinajstić information content (AvgIpc) is 3.08. The van der Waals surface area contributed by atoms with Crippen molar-refractivity contribution in [3.8, 4) is 5.75 Å². The molecule has 0 unspecified atom stereocenters. The van der Waals surface area contributed by atoms with Crippen LogP contribution in [0.2, 0.25) is 0 Å². The van der Waals surface area contributed by atoms with Crippen molar-refractivity contribution in [1.82, 2.24) is 0 Å². The van der Waals surface area contributed by atoms with E-state index < -0.39 is 0 Å². The Labute approximate surface area is 128 Å². The largest absolute Gasteiger partial charge is 0.489 e. The fourth-order valence-electron chi connectivity index (χ4n) is 2.24. The van der Waals surface area contributed by atoms with E-state index in [1.54, 1.807) is 11.3 Å². The number of para-hydroxylation sites is 1. The van der Waals surface area contributed by atoms with Crippen LogP contribution in [0.5, 0.6) is 5.75 Å². The van der Waals surface area contributed by atoms with E-state index in [-0.39, 0.29) is 6.04 Å². The Morgan fingerprint density at radius 1 is 0.952 bits per heavy atom. The van der Waals surface area contributed by atoms with Gasteiger partial charge in [-0.15, -0.1) is 0 Å². The normalized spacial score (nSPS) is 12.0. The van der Waals surface area contributed by atoms with Crippen molar-refractivity contribution < 1.29 is 4.74 Å². The SMILES string of the molecule is N[C@@H](c1ccsc1)c1ccccc1OCc1ccccc1. The standard InChI is InChI=1S/C18H17NOS/c19-18(15-10-11-21-13-15)16-8-4-5-9-17(16)20-12-14-6-2-1-3-7-14/h1-11,13,18H,12,19H2/t18-/m0/s1. The van der Waals surface area contributed by atoms with Gasteiger partial charge in [0.25, 0.3) is 0 Å². The number of hydrogen-bond acceptors (Lipinski definition) is 3. The molecule has 0 radical (unpaired) electrons. The van der Waals surface area contributed by atoms with Crippen LogP contribution in [0.4, 0.5) is 0 Å². The lowest BCUT2D eigenvalue weighted by atomic mass is 10.0. The third-order valence-corrected chi connectivity index (χ3v) is 4.10. The summed E-state index contributed by atoms with van der Waals surface area (Å²) < 4.78 is 5.97. The van der Waals surface area contributed by atoms with Gasteiger partial charge in [-0.05, 0) is 34.0 Å². The Bertz CT molecular complexity index is 679. The lowest BCUT2D eigenvalue weighted by Gasteiger charge is -2.16. The van der Waals surface area contributed by atoms with E-state index >= 15 is 0 Å². The van der Waals surface area contributed by atoms with Crippen LogP contribution in [0.15, 0.2) is 71.4 Å². The molecule has 2 nitrogen and oxygen atoms in total. The summed E-state index contributed by atoms with van der Waals surface area (Å²) in [5, 5.41) is 4.13. The molecule has 2 aromatic carbocycles. The zero-order chi connectivity index (χ0) is 14.5. The summed E-state index contributed by atoms with van der Waals surface area (Å²) in [6.07, 6.45) is 0. The first-order valence-corrected chi connectivity index (χ1v) is 7.82. The van der Waals surface area contributed by atoms with Gasteiger partial charge in [-0.2, -0.15) is 11.3 Å². The maximum Gasteiger partial charge on any atom is 0.124 e. The molecule has 3 heteroatoms. The summed E-state index contributed by atoms with van der Waals surface area (Å²) in [5.41, 5.74) is 9.65. The molecular formula is C18H17NOS. The molecule has 0 bridgehead atoms. The first kappa shape index (κ1) is 13.9. The van der Waals surface area contributed by atoms with E-state index in [1.807, 2.05) is 47.8 Å². The minimum Gasteiger partial charge on any atom is -0.489 e. The maximum atomic E-state index is 6.36. The topological polar surface area (TPSA) is 35.2 Å². The lowest BCUT2D eigenvalue weighted by molar-refractivity contribution is 0.302. The highest BCUT2D eigenvalue weighted by molar-refractivity contribution is 7.08. The van der Waals surface area contributed by atoms with Gasteiger partial charge in [0.15, 0.2) is 0 Å². The van der Waals surface area contributed by atoms with Crippen LogP contribution in [0.25, 0.3) is 0 Å². The maximum absolute atomic E-state index is 6.36. The molecule has 0 aliphatic carbocycles. The molecular weight excluding hydrogens is 278 g/mol. The molecule has 0 saturated heterocycles. The van der Waals surface area contributed by atoms with Crippen LogP contribution in [0.1, 0.15) is 22.7 Å². The molecule has 1 atom stereocenters. The van der Waals surface area contributed by atoms with E-state index in [4.69, 9.17) is 10.5 Å². The number of nitrogens with two attached hydrogens (primary N) is 1. The molecule has 2 N–H and O–H groups in total. The monoisotopic (exact) mass is 295 g/mol. The Hall–Kier alpha value is -2.10. The second kappa shape index (κ2) is 6.57. The van der Waals surface area contributed by atoms with E-state index in [2.05, 4.69) is 23.6 Å². The molecule has 0 aliphatic heterocycles. The minimum absolute atomic E-state index is 0.150. The highest BCUT2D eigenvalue weighted by atomic mass is 32.1. The lowest BCUT2D eigenvalue weighted by Crippen LogP contribution is -2.12. The van der Waals surface area contributed by atoms with Crippen molar-refractivity contribution in [2.45, 2.75) is 12.6 Å². The zero-order valence-electron chi connectivity index (χ0n) is 11.6. The number of hydrogen-bond donors (Lipinski definition) is 1. The highest BCUT2D eigenvalue weighted by Crippen LogP contribution is 2.29.